The molecule has 0 atom stereocenters. The van der Waals surface area contributed by atoms with E-state index >= 15 is 0 Å². The summed E-state index contributed by atoms with van der Waals surface area (Å²) in [7, 11) is 1.58. The highest BCUT2D eigenvalue weighted by Crippen LogP contribution is 2.37. The van der Waals surface area contributed by atoms with E-state index in [0.29, 0.717) is 18.2 Å². The number of hydrogen-bond donors (Lipinski definition) is 0. The van der Waals surface area contributed by atoms with Crippen molar-refractivity contribution in [2.75, 3.05) is 18.6 Å². The molecule has 0 spiro atoms. The molecule has 2 aromatic rings. The van der Waals surface area contributed by atoms with Gasteiger partial charge in [0.2, 0.25) is 0 Å². The van der Waals surface area contributed by atoms with E-state index in [1.54, 1.807) is 13.1 Å². The summed E-state index contributed by atoms with van der Waals surface area (Å²) in [6, 6.07) is 7.47. The summed E-state index contributed by atoms with van der Waals surface area (Å²) in [6.07, 6.45) is 1.12. The van der Waals surface area contributed by atoms with Crippen molar-refractivity contribution in [1.29, 1.82) is 0 Å². The third-order valence-corrected chi connectivity index (χ3v) is 4.54. The van der Waals surface area contributed by atoms with Crippen LogP contribution in [0.25, 0.3) is 0 Å². The molecule has 0 aliphatic rings. The minimum Gasteiger partial charge on any atom is -0.463 e. The average molecular weight is 409 g/mol. The Bertz CT molecular complexity index is 778. The topological polar surface area (TPSA) is 38.2 Å². The van der Waals surface area contributed by atoms with Gasteiger partial charge in [-0.05, 0) is 36.5 Å². The lowest BCUT2D eigenvalue weighted by atomic mass is 10.0. The first kappa shape index (κ1) is 23.0. The molecule has 0 saturated heterocycles. The molecule has 0 fully saturated rings. The first-order chi connectivity index (χ1) is 13.7. The van der Waals surface area contributed by atoms with Crippen molar-refractivity contribution in [2.45, 2.75) is 59.1 Å². The van der Waals surface area contributed by atoms with Gasteiger partial charge >= 0.3 is 12.2 Å². The zero-order valence-corrected chi connectivity index (χ0v) is 17.6. The van der Waals surface area contributed by atoms with Crippen LogP contribution in [0, 0.1) is 5.92 Å². The van der Waals surface area contributed by atoms with Crippen molar-refractivity contribution in [3.8, 4) is 6.01 Å². The Hall–Kier alpha value is -2.31. The SMILES string of the molecule is CCCCCCOc1ncc(C(F)(F)F)c(N(C)c2cccc(CC(C)C)c2)n1. The van der Waals surface area contributed by atoms with Gasteiger partial charge in [-0.2, -0.15) is 18.2 Å². The molecule has 7 heteroatoms. The van der Waals surface area contributed by atoms with Crippen molar-refractivity contribution in [3.63, 3.8) is 0 Å². The summed E-state index contributed by atoms with van der Waals surface area (Å²) in [5, 5.41) is 0. The number of halogens is 3. The maximum absolute atomic E-state index is 13.6. The largest absolute Gasteiger partial charge is 0.463 e. The van der Waals surface area contributed by atoms with E-state index in [9.17, 15) is 13.2 Å². The second-order valence-electron chi connectivity index (χ2n) is 7.62. The molecule has 4 nitrogen and oxygen atoms in total. The standard InChI is InChI=1S/C22H30F3N3O/c1-5-6-7-8-12-29-21-26-15-19(22(23,24)25)20(27-21)28(4)18-11-9-10-17(14-18)13-16(2)3/h9-11,14-16H,5-8,12-13H2,1-4H3. The summed E-state index contributed by atoms with van der Waals surface area (Å²) in [6.45, 7) is 6.70. The van der Waals surface area contributed by atoms with Gasteiger partial charge in [-0.15, -0.1) is 0 Å². The average Bonchev–Trinajstić information content (AvgIpc) is 2.66. The Morgan fingerprint density at radius 3 is 2.55 bits per heavy atom. The zero-order chi connectivity index (χ0) is 21.4. The Labute approximate surface area is 171 Å². The highest BCUT2D eigenvalue weighted by Gasteiger charge is 2.36. The maximum atomic E-state index is 13.6. The minimum absolute atomic E-state index is 0.0327. The molecule has 0 N–H and O–H groups in total. The van der Waals surface area contributed by atoms with Gasteiger partial charge in [0.25, 0.3) is 0 Å². The summed E-state index contributed by atoms with van der Waals surface area (Å²) >= 11 is 0. The molecule has 0 amide bonds. The molecule has 1 aromatic heterocycles. The van der Waals surface area contributed by atoms with Crippen molar-refractivity contribution < 1.29 is 17.9 Å². The van der Waals surface area contributed by atoms with Crippen LogP contribution < -0.4 is 9.64 Å². The van der Waals surface area contributed by atoms with Gasteiger partial charge in [0.1, 0.15) is 5.56 Å². The number of unbranched alkanes of at least 4 members (excludes halogenated alkanes) is 3. The molecule has 0 saturated carbocycles. The molecular formula is C22H30F3N3O. The van der Waals surface area contributed by atoms with E-state index in [4.69, 9.17) is 4.74 Å². The summed E-state index contributed by atoms with van der Waals surface area (Å²) in [4.78, 5) is 9.32. The molecule has 1 aromatic carbocycles. The van der Waals surface area contributed by atoms with Crippen LogP contribution in [0.2, 0.25) is 0 Å². The van der Waals surface area contributed by atoms with Crippen LogP contribution in [0.1, 0.15) is 57.6 Å². The van der Waals surface area contributed by atoms with Crippen molar-refractivity contribution >= 4 is 11.5 Å². The molecular weight excluding hydrogens is 379 g/mol. The fraction of sp³-hybridized carbons (Fsp3) is 0.545. The van der Waals surface area contributed by atoms with E-state index < -0.39 is 11.7 Å². The molecule has 160 valence electrons. The van der Waals surface area contributed by atoms with Gasteiger partial charge in [-0.25, -0.2) is 4.98 Å². The van der Waals surface area contributed by atoms with Crippen LogP contribution in [0.5, 0.6) is 6.01 Å². The van der Waals surface area contributed by atoms with Crippen molar-refractivity contribution in [3.05, 3.63) is 41.6 Å². The van der Waals surface area contributed by atoms with Crippen molar-refractivity contribution in [1.82, 2.24) is 9.97 Å². The number of rotatable bonds is 10. The highest BCUT2D eigenvalue weighted by molar-refractivity contribution is 5.63. The summed E-state index contributed by atoms with van der Waals surface area (Å²) in [5.41, 5.74) is 0.827. The first-order valence-corrected chi connectivity index (χ1v) is 10.1. The summed E-state index contributed by atoms with van der Waals surface area (Å²) in [5.74, 6) is 0.241. The zero-order valence-electron chi connectivity index (χ0n) is 17.6. The van der Waals surface area contributed by atoms with E-state index in [2.05, 4.69) is 30.7 Å². The van der Waals surface area contributed by atoms with Gasteiger partial charge in [-0.1, -0.05) is 52.2 Å². The predicted octanol–water partition coefficient (Wildman–Crippen LogP) is 6.42. The van der Waals surface area contributed by atoms with Gasteiger partial charge in [-0.3, -0.25) is 0 Å². The Kier molecular flexibility index (Phi) is 8.29. The van der Waals surface area contributed by atoms with Crippen LogP contribution in [-0.2, 0) is 12.6 Å². The van der Waals surface area contributed by atoms with E-state index in [1.807, 2.05) is 18.2 Å². The Morgan fingerprint density at radius 2 is 1.90 bits per heavy atom. The number of hydrogen-bond acceptors (Lipinski definition) is 4. The number of ether oxygens (including phenoxy) is 1. The molecule has 1 heterocycles. The lowest BCUT2D eigenvalue weighted by Crippen LogP contribution is -2.19. The molecule has 0 bridgehead atoms. The fourth-order valence-electron chi connectivity index (χ4n) is 3.06. The Balaban J connectivity index is 2.28. The first-order valence-electron chi connectivity index (χ1n) is 10.1. The third kappa shape index (κ3) is 6.91. The molecule has 2 rings (SSSR count). The van der Waals surface area contributed by atoms with E-state index in [1.165, 1.54) is 4.90 Å². The van der Waals surface area contributed by atoms with Gasteiger partial charge in [0, 0.05) is 18.9 Å². The van der Waals surface area contributed by atoms with Gasteiger partial charge in [0.05, 0.1) is 6.61 Å². The second-order valence-corrected chi connectivity index (χ2v) is 7.62. The number of nitrogens with zero attached hydrogens (tertiary/aromatic N) is 3. The molecule has 29 heavy (non-hydrogen) atoms. The number of anilines is 2. The van der Waals surface area contributed by atoms with E-state index in [0.717, 1.165) is 43.9 Å². The molecule has 0 aliphatic carbocycles. The van der Waals surface area contributed by atoms with Gasteiger partial charge < -0.3 is 9.64 Å². The smallest absolute Gasteiger partial charge is 0.421 e. The van der Waals surface area contributed by atoms with Crippen LogP contribution >= 0.6 is 0 Å². The molecule has 0 radical (unpaired) electrons. The van der Waals surface area contributed by atoms with Gasteiger partial charge in [0.15, 0.2) is 5.82 Å². The van der Waals surface area contributed by atoms with Crippen LogP contribution in [0.15, 0.2) is 30.5 Å². The van der Waals surface area contributed by atoms with Crippen molar-refractivity contribution in [2.24, 2.45) is 5.92 Å². The quantitative estimate of drug-likeness (QED) is 0.424. The number of aromatic nitrogens is 2. The normalized spacial score (nSPS) is 11.7. The number of benzene rings is 1. The fourth-order valence-corrected chi connectivity index (χ4v) is 3.06. The van der Waals surface area contributed by atoms with Crippen LogP contribution in [0.3, 0.4) is 0 Å². The second kappa shape index (κ2) is 10.5. The summed E-state index contributed by atoms with van der Waals surface area (Å²) < 4.78 is 46.2. The van der Waals surface area contributed by atoms with E-state index in [-0.39, 0.29) is 11.8 Å². The van der Waals surface area contributed by atoms with Crippen LogP contribution in [0.4, 0.5) is 24.7 Å². The highest BCUT2D eigenvalue weighted by atomic mass is 19.4. The molecule has 0 unspecified atom stereocenters. The molecule has 0 aliphatic heterocycles. The minimum atomic E-state index is -4.56. The van der Waals surface area contributed by atoms with Crippen LogP contribution in [-0.4, -0.2) is 23.6 Å². The monoisotopic (exact) mass is 409 g/mol. The Morgan fingerprint density at radius 1 is 1.14 bits per heavy atom. The third-order valence-electron chi connectivity index (χ3n) is 4.54. The predicted molar refractivity (Wildman–Crippen MR) is 110 cm³/mol. The lowest BCUT2D eigenvalue weighted by Gasteiger charge is -2.23. The lowest BCUT2D eigenvalue weighted by molar-refractivity contribution is -0.137. The maximum Gasteiger partial charge on any atom is 0.421 e. The number of alkyl halides is 3.